The van der Waals surface area contributed by atoms with E-state index in [9.17, 15) is 9.18 Å². The summed E-state index contributed by atoms with van der Waals surface area (Å²) in [6, 6.07) is 14.4. The number of aromatic carboxylic acids is 1. The Morgan fingerprint density at radius 1 is 1.03 bits per heavy atom. The van der Waals surface area contributed by atoms with Crippen LogP contribution in [0, 0.1) is 5.82 Å². The lowest BCUT2D eigenvalue weighted by molar-refractivity contribution is 0.0697. The van der Waals surface area contributed by atoms with Crippen molar-refractivity contribution in [1.82, 2.24) is 15.0 Å². The third-order valence-electron chi connectivity index (χ3n) is 5.13. The first-order valence-electron chi connectivity index (χ1n) is 9.91. The molecule has 170 valence electrons. The summed E-state index contributed by atoms with van der Waals surface area (Å²) in [5, 5.41) is 12.6. The van der Waals surface area contributed by atoms with Crippen LogP contribution in [0.5, 0.6) is 0 Å². The Bertz CT molecular complexity index is 1420. The van der Waals surface area contributed by atoms with Gasteiger partial charge >= 0.3 is 5.97 Å². The second-order valence-electron chi connectivity index (χ2n) is 7.26. The molecule has 0 spiro atoms. The van der Waals surface area contributed by atoms with E-state index in [1.54, 1.807) is 30.5 Å². The lowest BCUT2D eigenvalue weighted by Crippen LogP contribution is -2.09. The summed E-state index contributed by atoms with van der Waals surface area (Å²) in [6.45, 7) is 0.237. The van der Waals surface area contributed by atoms with Crippen molar-refractivity contribution in [2.45, 2.75) is 14.0 Å². The van der Waals surface area contributed by atoms with E-state index in [0.717, 1.165) is 11.1 Å². The number of anilines is 2. The highest BCUT2D eigenvalue weighted by molar-refractivity contribution is 6.31. The van der Waals surface area contributed by atoms with Crippen molar-refractivity contribution in [3.05, 3.63) is 100 Å². The quantitative estimate of drug-likeness (QED) is 0.389. The number of carboxylic acid groups (broad SMARTS) is 1. The van der Waals surface area contributed by atoms with Crippen LogP contribution in [0.1, 0.15) is 34.6 Å². The van der Waals surface area contributed by atoms with Crippen LogP contribution in [0.4, 0.5) is 16.0 Å². The Balaban J connectivity index is 0.00000274. The van der Waals surface area contributed by atoms with E-state index >= 15 is 0 Å². The zero-order valence-electron chi connectivity index (χ0n) is 17.0. The van der Waals surface area contributed by atoms with Gasteiger partial charge in [0, 0.05) is 39.8 Å². The fraction of sp³-hybridized carbons (Fsp3) is 0.0800. The molecule has 0 radical (unpaired) electrons. The minimum Gasteiger partial charge on any atom is -0.478 e. The molecule has 0 fully saturated rings. The summed E-state index contributed by atoms with van der Waals surface area (Å²) in [7, 11) is 0. The van der Waals surface area contributed by atoms with Crippen molar-refractivity contribution < 1.29 is 14.3 Å². The molecule has 3 heterocycles. The van der Waals surface area contributed by atoms with E-state index in [2.05, 4.69) is 25.3 Å². The molecule has 5 rings (SSSR count). The Hall–Kier alpha value is -4.17. The van der Waals surface area contributed by atoms with Gasteiger partial charge in [-0.15, -0.1) is 0 Å². The molecule has 0 saturated carbocycles. The van der Waals surface area contributed by atoms with Crippen LogP contribution in [-0.4, -0.2) is 31.7 Å². The number of benzene rings is 2. The first kappa shape index (κ1) is 23.0. The summed E-state index contributed by atoms with van der Waals surface area (Å²) >= 11 is 6.27. The molecule has 4 aromatic rings. The molecular weight excluding hydrogens is 457 g/mol. The van der Waals surface area contributed by atoms with Gasteiger partial charge in [-0.1, -0.05) is 25.1 Å². The summed E-state index contributed by atoms with van der Waals surface area (Å²) in [5.74, 6) is -1.16. The number of rotatable bonds is 4. The molecule has 2 N–H and O–H groups in total. The first-order chi connectivity index (χ1) is 16.0. The largest absolute Gasteiger partial charge is 0.478 e. The van der Waals surface area contributed by atoms with Crippen molar-refractivity contribution in [2.24, 2.45) is 4.99 Å². The van der Waals surface area contributed by atoms with Gasteiger partial charge in [-0.2, -0.15) is 0 Å². The first-order valence-corrected chi connectivity index (χ1v) is 10.3. The molecule has 34 heavy (non-hydrogen) atoms. The van der Waals surface area contributed by atoms with Crippen LogP contribution in [0.2, 0.25) is 5.02 Å². The normalized spacial score (nSPS) is 11.9. The average Bonchev–Trinajstić information content (AvgIpc) is 2.96. The summed E-state index contributed by atoms with van der Waals surface area (Å²) < 4.78 is 14.6. The fourth-order valence-corrected chi connectivity index (χ4v) is 3.74. The molecule has 1 aliphatic heterocycles. The van der Waals surface area contributed by atoms with Crippen LogP contribution in [-0.2, 0) is 6.54 Å². The standard InChI is InChI=1S/C24H15ClFN5O2.CH4/c25-15-5-8-17-18(10-15)21(22-19(26)2-1-9-27-22)28-11-14-12-29-24(31-20(14)17)30-16-6-3-13(4-7-16)23(32)33;/h1-10,12H,11H2,(H,32,33)(H,29,30,31);1H4. The number of aromatic nitrogens is 3. The minimum absolute atomic E-state index is 0. The number of carbonyl (C=O) groups is 1. The number of nitrogens with one attached hydrogen (secondary N) is 1. The number of fused-ring (bicyclic) bond motifs is 3. The SMILES string of the molecule is C.O=C(O)c1ccc(Nc2ncc3c(n2)-c2ccc(Cl)cc2C(c2ncccc2F)=NC3)cc1. The maximum absolute atomic E-state index is 14.6. The van der Waals surface area contributed by atoms with Crippen LogP contribution >= 0.6 is 11.6 Å². The number of carboxylic acids is 1. The van der Waals surface area contributed by atoms with Crippen LogP contribution in [0.3, 0.4) is 0 Å². The summed E-state index contributed by atoms with van der Waals surface area (Å²) in [5.41, 5.74) is 4.09. The Morgan fingerprint density at radius 2 is 1.82 bits per heavy atom. The molecule has 0 unspecified atom stereocenters. The number of halogens is 2. The number of hydrogen-bond acceptors (Lipinski definition) is 6. The maximum Gasteiger partial charge on any atom is 0.335 e. The van der Waals surface area contributed by atoms with Gasteiger partial charge in [-0.25, -0.2) is 19.2 Å². The van der Waals surface area contributed by atoms with E-state index in [1.807, 2.05) is 6.07 Å². The Kier molecular flexibility index (Phi) is 6.34. The second kappa shape index (κ2) is 9.36. The Morgan fingerprint density at radius 3 is 2.56 bits per heavy atom. The van der Waals surface area contributed by atoms with E-state index in [0.29, 0.717) is 33.6 Å². The molecule has 0 bridgehead atoms. The van der Waals surface area contributed by atoms with Gasteiger partial charge in [0.1, 0.15) is 5.69 Å². The predicted molar refractivity (Wildman–Crippen MR) is 129 cm³/mol. The van der Waals surface area contributed by atoms with Gasteiger partial charge in [0.2, 0.25) is 5.95 Å². The number of pyridine rings is 1. The Labute approximate surface area is 200 Å². The molecule has 0 atom stereocenters. The lowest BCUT2D eigenvalue weighted by Gasteiger charge is -2.12. The number of nitrogens with zero attached hydrogens (tertiary/aromatic N) is 4. The van der Waals surface area contributed by atoms with Crippen molar-refractivity contribution in [3.63, 3.8) is 0 Å². The maximum atomic E-state index is 14.6. The summed E-state index contributed by atoms with van der Waals surface area (Å²) in [4.78, 5) is 28.9. The molecule has 0 amide bonds. The van der Waals surface area contributed by atoms with Crippen molar-refractivity contribution in [2.75, 3.05) is 5.32 Å². The number of hydrogen-bond donors (Lipinski definition) is 2. The third kappa shape index (κ3) is 4.35. The average molecular weight is 476 g/mol. The van der Waals surface area contributed by atoms with Gasteiger partial charge in [-0.3, -0.25) is 9.98 Å². The van der Waals surface area contributed by atoms with E-state index in [-0.39, 0.29) is 25.2 Å². The van der Waals surface area contributed by atoms with Crippen molar-refractivity contribution >= 4 is 34.9 Å². The topological polar surface area (TPSA) is 100 Å². The molecule has 0 saturated heterocycles. The fourth-order valence-electron chi connectivity index (χ4n) is 3.57. The van der Waals surface area contributed by atoms with Crippen molar-refractivity contribution in [3.8, 4) is 11.3 Å². The third-order valence-corrected chi connectivity index (χ3v) is 5.37. The molecule has 2 aromatic carbocycles. The van der Waals surface area contributed by atoms with Crippen LogP contribution in [0.15, 0.2) is 72.0 Å². The summed E-state index contributed by atoms with van der Waals surface area (Å²) in [6.07, 6.45) is 3.18. The van der Waals surface area contributed by atoms with Crippen molar-refractivity contribution in [1.29, 1.82) is 0 Å². The molecule has 7 nitrogen and oxygen atoms in total. The zero-order valence-corrected chi connectivity index (χ0v) is 17.7. The number of aliphatic imine (C=N–C) groups is 1. The van der Waals surface area contributed by atoms with E-state index in [1.165, 1.54) is 30.5 Å². The van der Waals surface area contributed by atoms with E-state index in [4.69, 9.17) is 16.7 Å². The second-order valence-corrected chi connectivity index (χ2v) is 7.70. The van der Waals surface area contributed by atoms with Gasteiger partial charge in [-0.05, 0) is 48.5 Å². The smallest absolute Gasteiger partial charge is 0.335 e. The minimum atomic E-state index is -1.00. The van der Waals surface area contributed by atoms with Crippen LogP contribution in [0.25, 0.3) is 11.3 Å². The highest BCUT2D eigenvalue weighted by Crippen LogP contribution is 2.33. The lowest BCUT2D eigenvalue weighted by atomic mass is 9.97. The molecule has 1 aliphatic rings. The predicted octanol–water partition coefficient (Wildman–Crippen LogP) is 5.76. The van der Waals surface area contributed by atoms with Gasteiger partial charge in [0.15, 0.2) is 5.82 Å². The highest BCUT2D eigenvalue weighted by atomic mass is 35.5. The molecule has 0 aliphatic carbocycles. The van der Waals surface area contributed by atoms with Gasteiger partial charge < -0.3 is 10.4 Å². The van der Waals surface area contributed by atoms with Gasteiger partial charge in [0.05, 0.1) is 23.5 Å². The molecule has 2 aromatic heterocycles. The zero-order chi connectivity index (χ0) is 22.9. The monoisotopic (exact) mass is 475 g/mol. The van der Waals surface area contributed by atoms with Crippen LogP contribution < -0.4 is 5.32 Å². The van der Waals surface area contributed by atoms with E-state index < -0.39 is 11.8 Å². The molecular formula is C25H19ClFN5O2. The van der Waals surface area contributed by atoms with Gasteiger partial charge in [0.25, 0.3) is 0 Å². The highest BCUT2D eigenvalue weighted by Gasteiger charge is 2.23. The molecule has 9 heteroatoms.